The Bertz CT molecular complexity index is 874. The fourth-order valence-corrected chi connectivity index (χ4v) is 6.40. The van der Waals surface area contributed by atoms with Crippen molar-refractivity contribution >= 4 is 13.8 Å². The average Bonchev–Trinajstić information content (AvgIpc) is 3.08. The number of nitrogens with zero attached hydrogens (tertiary/aromatic N) is 1. The molecule has 0 spiro atoms. The van der Waals surface area contributed by atoms with Gasteiger partial charge in [0.2, 0.25) is 0 Å². The van der Waals surface area contributed by atoms with E-state index in [0.29, 0.717) is 24.1 Å². The first kappa shape index (κ1) is 50.0. The van der Waals surface area contributed by atoms with Crippen LogP contribution >= 0.6 is 7.82 Å². The van der Waals surface area contributed by atoms with Gasteiger partial charge in [0, 0.05) is 13.0 Å². The van der Waals surface area contributed by atoms with Crippen molar-refractivity contribution in [2.75, 3.05) is 54.1 Å². The van der Waals surface area contributed by atoms with Crippen molar-refractivity contribution < 1.29 is 37.3 Å². The van der Waals surface area contributed by atoms with Gasteiger partial charge in [0.1, 0.15) is 25.9 Å². The molecule has 0 aliphatic carbocycles. The first-order chi connectivity index (χ1) is 24.6. The second-order valence-corrected chi connectivity index (χ2v) is 16.8. The number of esters is 1. The molecule has 0 radical (unpaired) electrons. The second kappa shape index (κ2) is 36.0. The van der Waals surface area contributed by atoms with Gasteiger partial charge in [0.05, 0.1) is 27.7 Å². The van der Waals surface area contributed by atoms with E-state index in [2.05, 4.69) is 38.2 Å². The molecule has 2 atom stereocenters. The Morgan fingerprint density at radius 3 is 1.63 bits per heavy atom. The van der Waals surface area contributed by atoms with E-state index in [1.54, 1.807) is 0 Å². The number of hydrogen-bond donors (Lipinski definition) is 0. The first-order valence-corrected chi connectivity index (χ1v) is 22.5. The first-order valence-electron chi connectivity index (χ1n) is 21.1. The number of phosphoric ester groups is 1. The van der Waals surface area contributed by atoms with E-state index < -0.39 is 13.9 Å². The Morgan fingerprint density at radius 2 is 1.08 bits per heavy atom. The molecule has 0 amide bonds. The second-order valence-electron chi connectivity index (χ2n) is 15.3. The summed E-state index contributed by atoms with van der Waals surface area (Å²) >= 11 is 0. The summed E-state index contributed by atoms with van der Waals surface area (Å²) in [5.41, 5.74) is 0. The molecule has 51 heavy (non-hydrogen) atoms. The van der Waals surface area contributed by atoms with Crippen LogP contribution in [0.3, 0.4) is 0 Å². The maximum Gasteiger partial charge on any atom is 0.305 e. The van der Waals surface area contributed by atoms with Crippen molar-refractivity contribution in [3.05, 3.63) is 24.3 Å². The van der Waals surface area contributed by atoms with Gasteiger partial charge in [0.15, 0.2) is 0 Å². The summed E-state index contributed by atoms with van der Waals surface area (Å²) in [4.78, 5) is 24.8. The summed E-state index contributed by atoms with van der Waals surface area (Å²) in [7, 11) is 1.40. The van der Waals surface area contributed by atoms with Crippen LogP contribution < -0.4 is 4.89 Å². The Labute approximate surface area is 315 Å². The van der Waals surface area contributed by atoms with Crippen molar-refractivity contribution in [3.63, 3.8) is 0 Å². The molecule has 0 aromatic rings. The van der Waals surface area contributed by atoms with Crippen LogP contribution in [0.5, 0.6) is 0 Å². The minimum absolute atomic E-state index is 0.0294. The van der Waals surface area contributed by atoms with Crippen LogP contribution in [-0.4, -0.2) is 70.7 Å². The molecule has 0 saturated carbocycles. The normalized spacial score (nSPS) is 14.1. The van der Waals surface area contributed by atoms with E-state index in [9.17, 15) is 14.3 Å². The molecule has 302 valence electrons. The molecular weight excluding hydrogens is 661 g/mol. The fraction of sp³-hybridized carbons (Fsp3) is 0.881. The lowest BCUT2D eigenvalue weighted by atomic mass is 10.0. The van der Waals surface area contributed by atoms with Crippen molar-refractivity contribution in [2.45, 2.75) is 187 Å². The van der Waals surface area contributed by atoms with E-state index in [-0.39, 0.29) is 25.8 Å². The third-order valence-electron chi connectivity index (χ3n) is 9.04. The Kier molecular flexibility index (Phi) is 35.3. The Hall–Kier alpha value is -1.02. The molecule has 0 heterocycles. The fourth-order valence-electron chi connectivity index (χ4n) is 5.67. The maximum atomic E-state index is 12.4. The number of ether oxygens (including phenoxy) is 2. The molecule has 0 saturated heterocycles. The molecule has 0 bridgehead atoms. The number of unbranched alkanes of at least 4 members (excludes halogenated alkanes) is 21. The molecule has 0 aromatic heterocycles. The lowest BCUT2D eigenvalue weighted by molar-refractivity contribution is -0.870. The van der Waals surface area contributed by atoms with E-state index in [4.69, 9.17) is 18.5 Å². The van der Waals surface area contributed by atoms with Crippen molar-refractivity contribution in [2.24, 2.45) is 0 Å². The zero-order chi connectivity index (χ0) is 37.7. The topological polar surface area (TPSA) is 94.1 Å². The molecule has 0 rings (SSSR count). The summed E-state index contributed by atoms with van der Waals surface area (Å²) < 4.78 is 34.6. The predicted octanol–water partition coefficient (Wildman–Crippen LogP) is 11.4. The van der Waals surface area contributed by atoms with Gasteiger partial charge < -0.3 is 27.9 Å². The van der Waals surface area contributed by atoms with Gasteiger partial charge >= 0.3 is 5.97 Å². The number of hydrogen-bond acceptors (Lipinski definition) is 7. The summed E-state index contributed by atoms with van der Waals surface area (Å²) in [5, 5.41) is 0. The molecule has 1 unspecified atom stereocenters. The van der Waals surface area contributed by atoms with Crippen molar-refractivity contribution in [3.8, 4) is 0 Å². The number of allylic oxidation sites excluding steroid dienone is 4. The molecule has 0 aromatic carbocycles. The van der Waals surface area contributed by atoms with E-state index in [1.807, 2.05) is 21.1 Å². The Balaban J connectivity index is 4.26. The van der Waals surface area contributed by atoms with Gasteiger partial charge in [-0.3, -0.25) is 9.36 Å². The average molecular weight is 744 g/mol. The number of quaternary nitrogens is 1. The molecule has 0 aliphatic rings. The number of likely N-dealkylation sites (N-methyl/N-ethyl adjacent to an activating group) is 1. The van der Waals surface area contributed by atoms with Gasteiger partial charge in [-0.1, -0.05) is 154 Å². The van der Waals surface area contributed by atoms with E-state index in [0.717, 1.165) is 51.4 Å². The Morgan fingerprint density at radius 1 is 0.608 bits per heavy atom. The molecule has 8 nitrogen and oxygen atoms in total. The number of carbonyl (C=O) groups excluding carboxylic acids is 1. The molecular formula is C42H82NO7P. The summed E-state index contributed by atoms with van der Waals surface area (Å²) in [6.45, 7) is 5.26. The van der Waals surface area contributed by atoms with Crippen LogP contribution in [0.4, 0.5) is 0 Å². The van der Waals surface area contributed by atoms with Gasteiger partial charge in [-0.05, 0) is 44.9 Å². The van der Waals surface area contributed by atoms with Gasteiger partial charge in [0.25, 0.3) is 7.82 Å². The lowest BCUT2D eigenvalue weighted by Crippen LogP contribution is -2.37. The SMILES string of the molecule is CCCCC/C=C\C/C=C\CCCCCCCCO[C@H](COC(=O)CCCCCCCCCCCCCCC)COP(=O)([O-])OCC[N+](C)(C)C. The zero-order valence-electron chi connectivity index (χ0n) is 34.1. The van der Waals surface area contributed by atoms with Crippen LogP contribution in [0.15, 0.2) is 24.3 Å². The summed E-state index contributed by atoms with van der Waals surface area (Å²) in [6.07, 6.45) is 39.1. The summed E-state index contributed by atoms with van der Waals surface area (Å²) in [6, 6.07) is 0. The summed E-state index contributed by atoms with van der Waals surface area (Å²) in [5.74, 6) is -0.273. The smallest absolute Gasteiger partial charge is 0.305 e. The van der Waals surface area contributed by atoms with Crippen LogP contribution in [-0.2, 0) is 27.9 Å². The monoisotopic (exact) mass is 744 g/mol. The van der Waals surface area contributed by atoms with Crippen molar-refractivity contribution in [1.82, 2.24) is 0 Å². The van der Waals surface area contributed by atoms with E-state index >= 15 is 0 Å². The largest absolute Gasteiger partial charge is 0.756 e. The predicted molar refractivity (Wildman–Crippen MR) is 213 cm³/mol. The highest BCUT2D eigenvalue weighted by molar-refractivity contribution is 7.45. The van der Waals surface area contributed by atoms with Crippen molar-refractivity contribution in [1.29, 1.82) is 0 Å². The highest BCUT2D eigenvalue weighted by atomic mass is 31.2. The third-order valence-corrected chi connectivity index (χ3v) is 10.0. The molecule has 0 fully saturated rings. The quantitative estimate of drug-likeness (QED) is 0.0203. The van der Waals surface area contributed by atoms with Gasteiger partial charge in [-0.25, -0.2) is 0 Å². The standard InChI is InChI=1S/C42H82NO7P/c1-6-8-10-12-14-16-18-20-21-22-24-26-28-30-32-34-37-47-41(40-50-51(45,46)49-38-36-43(3,4)5)39-48-42(44)35-33-31-29-27-25-23-19-17-15-13-11-9-7-2/h14,16,20-21,41H,6-13,15,17-19,22-40H2,1-5H3/b16-14-,21-20-/t41-/m1/s1. The molecule has 0 N–H and O–H groups in total. The number of carbonyl (C=O) groups is 1. The zero-order valence-corrected chi connectivity index (χ0v) is 35.0. The van der Waals surface area contributed by atoms with Gasteiger partial charge in [-0.2, -0.15) is 0 Å². The third kappa shape index (κ3) is 40.0. The van der Waals surface area contributed by atoms with Gasteiger partial charge in [-0.15, -0.1) is 0 Å². The van der Waals surface area contributed by atoms with E-state index in [1.165, 1.54) is 109 Å². The van der Waals surface area contributed by atoms with Crippen LogP contribution in [0.25, 0.3) is 0 Å². The van der Waals surface area contributed by atoms with Crippen LogP contribution in [0.2, 0.25) is 0 Å². The lowest BCUT2D eigenvalue weighted by Gasteiger charge is -2.28. The van der Waals surface area contributed by atoms with Crippen LogP contribution in [0.1, 0.15) is 181 Å². The van der Waals surface area contributed by atoms with Crippen LogP contribution in [0, 0.1) is 0 Å². The minimum Gasteiger partial charge on any atom is -0.756 e. The molecule has 0 aliphatic heterocycles. The highest BCUT2D eigenvalue weighted by Crippen LogP contribution is 2.38. The highest BCUT2D eigenvalue weighted by Gasteiger charge is 2.19. The minimum atomic E-state index is -4.49. The maximum absolute atomic E-state index is 12.4. The number of rotatable bonds is 39. The number of phosphoric acid groups is 1. The molecule has 9 heteroatoms.